The van der Waals surface area contributed by atoms with Crippen LogP contribution in [0, 0.1) is 0 Å². The van der Waals surface area contributed by atoms with E-state index in [0.29, 0.717) is 5.69 Å². The summed E-state index contributed by atoms with van der Waals surface area (Å²) >= 11 is 0. The first kappa shape index (κ1) is 11.8. The molecule has 5 nitrogen and oxygen atoms in total. The molecule has 0 bridgehead atoms. The van der Waals surface area contributed by atoms with E-state index in [-0.39, 0.29) is 0 Å². The first-order valence-corrected chi connectivity index (χ1v) is 6.31. The van der Waals surface area contributed by atoms with Gasteiger partial charge in [0.15, 0.2) is 11.6 Å². The standard InChI is InChI=1S/C14H17N5/c1-18(2)13-12(15)14(17-9-16-13)19-8-7-10-5-3-4-6-11(10)19/h3-6,9H,7-8,15H2,1-2H3. The number of rotatable bonds is 2. The van der Waals surface area contributed by atoms with Crippen molar-refractivity contribution in [3.8, 4) is 0 Å². The number of fused-ring (bicyclic) bond motifs is 1. The predicted molar refractivity (Wildman–Crippen MR) is 77.9 cm³/mol. The number of nitrogens with zero attached hydrogens (tertiary/aromatic N) is 4. The lowest BCUT2D eigenvalue weighted by Crippen LogP contribution is -2.20. The van der Waals surface area contributed by atoms with Gasteiger partial charge in [-0.2, -0.15) is 0 Å². The van der Waals surface area contributed by atoms with Crippen molar-refractivity contribution < 1.29 is 0 Å². The second-order valence-electron chi connectivity index (χ2n) is 4.86. The first-order valence-electron chi connectivity index (χ1n) is 6.31. The Labute approximate surface area is 112 Å². The van der Waals surface area contributed by atoms with Gasteiger partial charge < -0.3 is 15.5 Å². The van der Waals surface area contributed by atoms with E-state index in [0.717, 1.165) is 24.6 Å². The number of nitrogens with two attached hydrogens (primary N) is 1. The second kappa shape index (κ2) is 4.42. The Kier molecular flexibility index (Phi) is 2.74. The Morgan fingerprint density at radius 3 is 2.79 bits per heavy atom. The van der Waals surface area contributed by atoms with Gasteiger partial charge in [-0.1, -0.05) is 18.2 Å². The Balaban J connectivity index is 2.07. The molecule has 2 N–H and O–H groups in total. The molecule has 0 amide bonds. The molecule has 0 unspecified atom stereocenters. The molecule has 1 aliphatic heterocycles. The van der Waals surface area contributed by atoms with Gasteiger partial charge in [-0.25, -0.2) is 9.97 Å². The van der Waals surface area contributed by atoms with E-state index < -0.39 is 0 Å². The molecular formula is C14H17N5. The average Bonchev–Trinajstić information content (AvgIpc) is 2.82. The lowest BCUT2D eigenvalue weighted by atomic mass is 10.2. The van der Waals surface area contributed by atoms with Crippen molar-refractivity contribution in [1.82, 2.24) is 9.97 Å². The predicted octanol–water partition coefficient (Wildman–Crippen LogP) is 1.82. The van der Waals surface area contributed by atoms with Crippen LogP contribution in [-0.2, 0) is 6.42 Å². The molecule has 0 spiro atoms. The summed E-state index contributed by atoms with van der Waals surface area (Å²) in [5, 5.41) is 0. The number of anilines is 4. The third kappa shape index (κ3) is 1.87. The third-order valence-electron chi connectivity index (χ3n) is 3.41. The highest BCUT2D eigenvalue weighted by molar-refractivity contribution is 5.81. The molecule has 0 saturated heterocycles. The minimum absolute atomic E-state index is 0.629. The van der Waals surface area contributed by atoms with Crippen LogP contribution in [0.1, 0.15) is 5.56 Å². The minimum Gasteiger partial charge on any atom is -0.393 e. The van der Waals surface area contributed by atoms with Crippen LogP contribution in [0.5, 0.6) is 0 Å². The zero-order valence-corrected chi connectivity index (χ0v) is 11.2. The molecule has 1 aromatic carbocycles. The lowest BCUT2D eigenvalue weighted by molar-refractivity contribution is 0.957. The highest BCUT2D eigenvalue weighted by atomic mass is 15.2. The fourth-order valence-corrected chi connectivity index (χ4v) is 2.51. The molecule has 5 heteroatoms. The van der Waals surface area contributed by atoms with E-state index >= 15 is 0 Å². The monoisotopic (exact) mass is 255 g/mol. The molecule has 2 heterocycles. The average molecular weight is 255 g/mol. The van der Waals surface area contributed by atoms with Gasteiger partial charge in [0, 0.05) is 26.3 Å². The van der Waals surface area contributed by atoms with Crippen molar-refractivity contribution in [2.24, 2.45) is 0 Å². The molecule has 0 aliphatic carbocycles. The minimum atomic E-state index is 0.629. The summed E-state index contributed by atoms with van der Waals surface area (Å²) in [5.41, 5.74) is 9.37. The third-order valence-corrected chi connectivity index (χ3v) is 3.41. The zero-order chi connectivity index (χ0) is 13.4. The number of hydrogen-bond acceptors (Lipinski definition) is 5. The van der Waals surface area contributed by atoms with Crippen LogP contribution in [0.4, 0.5) is 23.0 Å². The fourth-order valence-electron chi connectivity index (χ4n) is 2.51. The SMILES string of the molecule is CN(C)c1ncnc(N2CCc3ccccc32)c1N. The lowest BCUT2D eigenvalue weighted by Gasteiger charge is -2.22. The van der Waals surface area contributed by atoms with Gasteiger partial charge in [0.05, 0.1) is 0 Å². The summed E-state index contributed by atoms with van der Waals surface area (Å²) in [7, 11) is 3.86. The summed E-state index contributed by atoms with van der Waals surface area (Å²) in [4.78, 5) is 12.7. The van der Waals surface area contributed by atoms with Crippen molar-refractivity contribution in [3.63, 3.8) is 0 Å². The zero-order valence-electron chi connectivity index (χ0n) is 11.2. The van der Waals surface area contributed by atoms with Crippen LogP contribution in [0.2, 0.25) is 0 Å². The van der Waals surface area contributed by atoms with Gasteiger partial charge in [-0.15, -0.1) is 0 Å². The van der Waals surface area contributed by atoms with Crippen LogP contribution in [0.3, 0.4) is 0 Å². The Hall–Kier alpha value is -2.30. The topological polar surface area (TPSA) is 58.3 Å². The maximum Gasteiger partial charge on any atom is 0.161 e. The molecule has 98 valence electrons. The summed E-state index contributed by atoms with van der Waals surface area (Å²) in [6, 6.07) is 8.37. The van der Waals surface area contributed by atoms with Crippen LogP contribution in [0.15, 0.2) is 30.6 Å². The van der Waals surface area contributed by atoms with E-state index in [1.807, 2.05) is 25.1 Å². The Morgan fingerprint density at radius 1 is 1.21 bits per heavy atom. The van der Waals surface area contributed by atoms with Crippen molar-refractivity contribution in [2.75, 3.05) is 36.2 Å². The van der Waals surface area contributed by atoms with Gasteiger partial charge in [-0.3, -0.25) is 0 Å². The van der Waals surface area contributed by atoms with E-state index in [4.69, 9.17) is 5.73 Å². The van der Waals surface area contributed by atoms with Crippen LogP contribution in [-0.4, -0.2) is 30.6 Å². The van der Waals surface area contributed by atoms with Crippen molar-refractivity contribution >= 4 is 23.0 Å². The smallest absolute Gasteiger partial charge is 0.161 e. The number of nitrogen functional groups attached to an aromatic ring is 1. The molecule has 0 atom stereocenters. The highest BCUT2D eigenvalue weighted by Crippen LogP contribution is 2.37. The van der Waals surface area contributed by atoms with Gasteiger partial charge in [0.25, 0.3) is 0 Å². The summed E-state index contributed by atoms with van der Waals surface area (Å²) in [6.45, 7) is 0.910. The molecule has 0 radical (unpaired) electrons. The molecule has 1 aromatic heterocycles. The number of para-hydroxylation sites is 1. The molecule has 3 rings (SSSR count). The van der Waals surface area contributed by atoms with Crippen LogP contribution in [0.25, 0.3) is 0 Å². The van der Waals surface area contributed by atoms with Gasteiger partial charge in [0.2, 0.25) is 0 Å². The maximum absolute atomic E-state index is 6.21. The first-order chi connectivity index (χ1) is 9.18. The van der Waals surface area contributed by atoms with E-state index in [2.05, 4.69) is 33.1 Å². The Morgan fingerprint density at radius 2 is 2.00 bits per heavy atom. The van der Waals surface area contributed by atoms with Crippen LogP contribution >= 0.6 is 0 Å². The quantitative estimate of drug-likeness (QED) is 0.887. The van der Waals surface area contributed by atoms with E-state index in [1.54, 1.807) is 6.33 Å². The summed E-state index contributed by atoms with van der Waals surface area (Å²) in [6.07, 6.45) is 2.60. The fraction of sp³-hybridized carbons (Fsp3) is 0.286. The van der Waals surface area contributed by atoms with Gasteiger partial charge >= 0.3 is 0 Å². The number of hydrogen-bond donors (Lipinski definition) is 1. The van der Waals surface area contributed by atoms with E-state index in [1.165, 1.54) is 11.3 Å². The maximum atomic E-state index is 6.21. The van der Waals surface area contributed by atoms with Crippen LogP contribution < -0.4 is 15.5 Å². The largest absolute Gasteiger partial charge is 0.393 e. The molecule has 1 aliphatic rings. The molecule has 19 heavy (non-hydrogen) atoms. The second-order valence-corrected chi connectivity index (χ2v) is 4.86. The molecule has 2 aromatic rings. The van der Waals surface area contributed by atoms with Crippen molar-refractivity contribution in [3.05, 3.63) is 36.2 Å². The van der Waals surface area contributed by atoms with Gasteiger partial charge in [0.1, 0.15) is 12.0 Å². The van der Waals surface area contributed by atoms with Crippen molar-refractivity contribution in [1.29, 1.82) is 0 Å². The number of benzene rings is 1. The summed E-state index contributed by atoms with van der Waals surface area (Å²) in [5.74, 6) is 1.55. The Bertz CT molecular complexity index is 609. The van der Waals surface area contributed by atoms with Gasteiger partial charge in [-0.05, 0) is 18.1 Å². The van der Waals surface area contributed by atoms with Crippen molar-refractivity contribution in [2.45, 2.75) is 6.42 Å². The molecule has 0 fully saturated rings. The molecular weight excluding hydrogens is 238 g/mol. The number of aromatic nitrogens is 2. The summed E-state index contributed by atoms with van der Waals surface area (Å²) < 4.78 is 0. The van der Waals surface area contributed by atoms with E-state index in [9.17, 15) is 0 Å². The highest BCUT2D eigenvalue weighted by Gasteiger charge is 2.24. The normalized spacial score (nSPS) is 13.5. The molecule has 0 saturated carbocycles.